The first-order valence-electron chi connectivity index (χ1n) is 10.8. The van der Waals surface area contributed by atoms with Gasteiger partial charge in [-0.25, -0.2) is 4.68 Å². The predicted molar refractivity (Wildman–Crippen MR) is 126 cm³/mol. The number of anilines is 1. The number of aromatic nitrogens is 2. The van der Waals surface area contributed by atoms with E-state index in [0.29, 0.717) is 12.4 Å². The molecule has 1 fully saturated rings. The van der Waals surface area contributed by atoms with Crippen LogP contribution in [0.25, 0.3) is 16.9 Å². The molecule has 1 aliphatic rings. The Labute approximate surface area is 184 Å². The molecule has 4 rings (SSSR count). The van der Waals surface area contributed by atoms with Gasteiger partial charge in [0.1, 0.15) is 5.82 Å². The summed E-state index contributed by atoms with van der Waals surface area (Å²) in [6.45, 7) is 10.5. The van der Waals surface area contributed by atoms with Gasteiger partial charge in [-0.3, -0.25) is 9.69 Å². The van der Waals surface area contributed by atoms with Crippen LogP contribution in [-0.2, 0) is 4.79 Å². The monoisotopic (exact) mass is 417 g/mol. The number of hydrogen-bond donors (Lipinski definition) is 1. The van der Waals surface area contributed by atoms with Crippen LogP contribution < -0.4 is 5.32 Å². The van der Waals surface area contributed by atoms with E-state index in [9.17, 15) is 4.79 Å². The third kappa shape index (κ3) is 4.86. The topological polar surface area (TPSA) is 53.4 Å². The van der Waals surface area contributed by atoms with E-state index in [1.807, 2.05) is 41.1 Å². The summed E-state index contributed by atoms with van der Waals surface area (Å²) in [6.07, 6.45) is 0. The molecular formula is C25H31N5O. The van der Waals surface area contributed by atoms with Gasteiger partial charge in [0, 0.05) is 37.8 Å². The molecule has 6 heteroatoms. The molecule has 162 valence electrons. The Morgan fingerprint density at radius 3 is 2.32 bits per heavy atom. The van der Waals surface area contributed by atoms with Gasteiger partial charge in [0.15, 0.2) is 0 Å². The first kappa shape index (κ1) is 21.3. The molecule has 0 unspecified atom stereocenters. The zero-order valence-corrected chi connectivity index (χ0v) is 18.9. The molecule has 0 atom stereocenters. The van der Waals surface area contributed by atoms with Gasteiger partial charge in [-0.1, -0.05) is 24.3 Å². The van der Waals surface area contributed by atoms with Crippen LogP contribution >= 0.6 is 0 Å². The van der Waals surface area contributed by atoms with E-state index in [0.717, 1.165) is 43.1 Å². The van der Waals surface area contributed by atoms with E-state index in [1.54, 1.807) is 0 Å². The average Bonchev–Trinajstić information content (AvgIpc) is 3.16. The molecule has 2 heterocycles. The maximum atomic E-state index is 12.8. The Balaban J connectivity index is 1.63. The van der Waals surface area contributed by atoms with Crippen molar-refractivity contribution in [3.63, 3.8) is 0 Å². The molecule has 0 saturated carbocycles. The van der Waals surface area contributed by atoms with Crippen molar-refractivity contribution in [2.45, 2.75) is 20.8 Å². The highest BCUT2D eigenvalue weighted by molar-refractivity contribution is 5.92. The third-order valence-electron chi connectivity index (χ3n) is 6.06. The van der Waals surface area contributed by atoms with Crippen LogP contribution in [0.3, 0.4) is 0 Å². The molecule has 2 aromatic carbocycles. The fraction of sp³-hybridized carbons (Fsp3) is 0.360. The average molecular weight is 418 g/mol. The number of rotatable bonds is 5. The Kier molecular flexibility index (Phi) is 6.20. The molecule has 0 spiro atoms. The largest absolute Gasteiger partial charge is 0.309 e. The Hall–Kier alpha value is -2.96. The van der Waals surface area contributed by atoms with Crippen molar-refractivity contribution >= 4 is 11.7 Å². The number of likely N-dealkylation sites (N-methyl/N-ethyl adjacent to an activating group) is 1. The lowest BCUT2D eigenvalue weighted by Gasteiger charge is -2.31. The van der Waals surface area contributed by atoms with Crippen LogP contribution in [0.5, 0.6) is 0 Å². The lowest BCUT2D eigenvalue weighted by Crippen LogP contribution is -2.47. The molecule has 1 N–H and O–H groups in total. The van der Waals surface area contributed by atoms with Crippen LogP contribution in [0.4, 0.5) is 5.82 Å². The summed E-state index contributed by atoms with van der Waals surface area (Å²) in [4.78, 5) is 17.3. The number of piperazine rings is 1. The molecular weight excluding hydrogens is 386 g/mol. The molecule has 31 heavy (non-hydrogen) atoms. The molecule has 1 aliphatic heterocycles. The number of carbonyl (C=O) groups is 1. The van der Waals surface area contributed by atoms with E-state index in [-0.39, 0.29) is 5.91 Å². The van der Waals surface area contributed by atoms with Gasteiger partial charge in [0.2, 0.25) is 5.91 Å². The standard InChI is InChI=1S/C25H31N5O/c1-18-14-20(3)22(15-19(18)2)23-16-24(30(27-23)21-8-6-5-7-9-21)26-25(31)17-29-12-10-28(4)11-13-29/h5-9,14-16H,10-13,17H2,1-4H3,(H,26,31). The number of hydrogen-bond acceptors (Lipinski definition) is 4. The summed E-state index contributed by atoms with van der Waals surface area (Å²) in [5.41, 5.74) is 6.55. The van der Waals surface area contributed by atoms with Gasteiger partial charge in [-0.05, 0) is 62.7 Å². The predicted octanol–water partition coefficient (Wildman–Crippen LogP) is 3.65. The summed E-state index contributed by atoms with van der Waals surface area (Å²) < 4.78 is 1.83. The number of nitrogens with one attached hydrogen (secondary N) is 1. The van der Waals surface area contributed by atoms with Gasteiger partial charge >= 0.3 is 0 Å². The Morgan fingerprint density at radius 1 is 0.935 bits per heavy atom. The first-order chi connectivity index (χ1) is 14.9. The Bertz CT molecular complexity index is 1070. The molecule has 0 radical (unpaired) electrons. The number of aryl methyl sites for hydroxylation is 3. The number of benzene rings is 2. The smallest absolute Gasteiger partial charge is 0.239 e. The quantitative estimate of drug-likeness (QED) is 0.689. The lowest BCUT2D eigenvalue weighted by molar-refractivity contribution is -0.117. The first-order valence-corrected chi connectivity index (χ1v) is 10.8. The van der Waals surface area contributed by atoms with Crippen molar-refractivity contribution in [3.05, 3.63) is 65.2 Å². The fourth-order valence-electron chi connectivity index (χ4n) is 4.00. The summed E-state index contributed by atoms with van der Waals surface area (Å²) in [6, 6.07) is 16.3. The van der Waals surface area contributed by atoms with E-state index < -0.39 is 0 Å². The number of para-hydroxylation sites is 1. The summed E-state index contributed by atoms with van der Waals surface area (Å²) in [5, 5.41) is 7.98. The summed E-state index contributed by atoms with van der Waals surface area (Å²) >= 11 is 0. The van der Waals surface area contributed by atoms with E-state index in [4.69, 9.17) is 5.10 Å². The van der Waals surface area contributed by atoms with E-state index in [2.05, 4.69) is 55.1 Å². The van der Waals surface area contributed by atoms with Crippen molar-refractivity contribution < 1.29 is 4.79 Å². The minimum atomic E-state index is -0.00927. The van der Waals surface area contributed by atoms with Gasteiger partial charge < -0.3 is 10.2 Å². The van der Waals surface area contributed by atoms with Crippen molar-refractivity contribution in [1.82, 2.24) is 19.6 Å². The molecule has 0 bridgehead atoms. The summed E-state index contributed by atoms with van der Waals surface area (Å²) in [7, 11) is 2.12. The SMILES string of the molecule is Cc1cc(C)c(-c2cc(NC(=O)CN3CCN(C)CC3)n(-c3ccccc3)n2)cc1C. The van der Waals surface area contributed by atoms with Crippen LogP contribution in [0.2, 0.25) is 0 Å². The second-order valence-corrected chi connectivity index (χ2v) is 8.54. The maximum Gasteiger partial charge on any atom is 0.239 e. The molecule has 1 amide bonds. The number of nitrogens with zero attached hydrogens (tertiary/aromatic N) is 4. The molecule has 0 aliphatic carbocycles. The highest BCUT2D eigenvalue weighted by Crippen LogP contribution is 2.29. The van der Waals surface area contributed by atoms with Crippen LogP contribution in [-0.4, -0.2) is 65.3 Å². The van der Waals surface area contributed by atoms with Gasteiger partial charge in [0.25, 0.3) is 0 Å². The van der Waals surface area contributed by atoms with Crippen molar-refractivity contribution in [3.8, 4) is 16.9 Å². The van der Waals surface area contributed by atoms with Crippen molar-refractivity contribution in [1.29, 1.82) is 0 Å². The van der Waals surface area contributed by atoms with Crippen LogP contribution in [0.15, 0.2) is 48.5 Å². The molecule has 1 aromatic heterocycles. The minimum Gasteiger partial charge on any atom is -0.309 e. The van der Waals surface area contributed by atoms with Crippen molar-refractivity contribution in [2.24, 2.45) is 0 Å². The van der Waals surface area contributed by atoms with Gasteiger partial charge in [0.05, 0.1) is 17.9 Å². The Morgan fingerprint density at radius 2 is 1.61 bits per heavy atom. The van der Waals surface area contributed by atoms with Crippen molar-refractivity contribution in [2.75, 3.05) is 45.1 Å². The van der Waals surface area contributed by atoms with Crippen LogP contribution in [0, 0.1) is 20.8 Å². The fourth-order valence-corrected chi connectivity index (χ4v) is 4.00. The second-order valence-electron chi connectivity index (χ2n) is 8.54. The van der Waals surface area contributed by atoms with Gasteiger partial charge in [-0.2, -0.15) is 5.10 Å². The molecule has 3 aromatic rings. The van der Waals surface area contributed by atoms with Gasteiger partial charge in [-0.15, -0.1) is 0 Å². The summed E-state index contributed by atoms with van der Waals surface area (Å²) in [5.74, 6) is 0.683. The minimum absolute atomic E-state index is 0.00927. The molecule has 1 saturated heterocycles. The van der Waals surface area contributed by atoms with Crippen LogP contribution in [0.1, 0.15) is 16.7 Å². The maximum absolute atomic E-state index is 12.8. The highest BCUT2D eigenvalue weighted by Gasteiger charge is 2.19. The third-order valence-corrected chi connectivity index (χ3v) is 6.06. The molecule has 6 nitrogen and oxygen atoms in total. The number of amides is 1. The number of carbonyl (C=O) groups excluding carboxylic acids is 1. The lowest BCUT2D eigenvalue weighted by atomic mass is 9.99. The van der Waals surface area contributed by atoms with E-state index in [1.165, 1.54) is 16.7 Å². The highest BCUT2D eigenvalue weighted by atomic mass is 16.2. The zero-order chi connectivity index (χ0) is 22.0. The zero-order valence-electron chi connectivity index (χ0n) is 18.9. The normalized spacial score (nSPS) is 15.2. The van der Waals surface area contributed by atoms with E-state index >= 15 is 0 Å². The second kappa shape index (κ2) is 9.04.